The quantitative estimate of drug-likeness (QED) is 0.277. The number of carbonyl (C=O) groups excluding carboxylic acids is 4. The Kier molecular flexibility index (Phi) is 5.20. The fourth-order valence-corrected chi connectivity index (χ4v) is 2.03. The smallest absolute Gasteiger partial charge is 1.00 e. The molecule has 1 aliphatic rings. The molecule has 0 saturated carbocycles. The molecule has 0 aliphatic carbocycles. The number of Topliss-reactive ketones (excluding diaryl/α,β-unsaturated/α-hetero) is 2. The zero-order valence-electron chi connectivity index (χ0n) is 11.3. The zero-order chi connectivity index (χ0) is 13.4. The average molecular weight is 334 g/mol. The van der Waals surface area contributed by atoms with Gasteiger partial charge in [0.15, 0.2) is 5.92 Å². The Labute approximate surface area is 141 Å². The summed E-state index contributed by atoms with van der Waals surface area (Å²) >= 11 is 3.22. The third-order valence-corrected chi connectivity index (χ3v) is 3.16. The standard InChI is InChI=1S/C12H8BrNO4.Na.H/c1-6(15)9-10(16)12(18)14(11(9)17)8-4-2-7(13)3-5-8;;/h2-5,9H,1H3;;/q;+1;-1. The maximum absolute atomic E-state index is 11.9. The fourth-order valence-electron chi connectivity index (χ4n) is 1.77. The number of amides is 2. The van der Waals surface area contributed by atoms with Crippen LogP contribution in [0.2, 0.25) is 0 Å². The molecule has 1 aromatic rings. The minimum Gasteiger partial charge on any atom is -1.00 e. The van der Waals surface area contributed by atoms with Gasteiger partial charge in [-0.15, -0.1) is 0 Å². The third kappa shape index (κ3) is 2.86. The molecular formula is C12H9BrNNaO4. The number of nitrogens with zero attached hydrogens (tertiary/aromatic N) is 1. The molecule has 1 saturated heterocycles. The Morgan fingerprint density at radius 1 is 1.21 bits per heavy atom. The van der Waals surface area contributed by atoms with Crippen molar-refractivity contribution in [1.29, 1.82) is 0 Å². The molecule has 19 heavy (non-hydrogen) atoms. The molecule has 1 unspecified atom stereocenters. The van der Waals surface area contributed by atoms with Gasteiger partial charge in [0.1, 0.15) is 5.78 Å². The van der Waals surface area contributed by atoms with Crippen molar-refractivity contribution in [1.82, 2.24) is 0 Å². The summed E-state index contributed by atoms with van der Waals surface area (Å²) in [6.07, 6.45) is 0. The van der Waals surface area contributed by atoms with Crippen molar-refractivity contribution in [3.63, 3.8) is 0 Å². The molecular weight excluding hydrogens is 325 g/mol. The van der Waals surface area contributed by atoms with Crippen LogP contribution in [0.4, 0.5) is 5.69 Å². The van der Waals surface area contributed by atoms with Crippen LogP contribution in [-0.4, -0.2) is 23.4 Å². The van der Waals surface area contributed by atoms with Crippen LogP contribution in [0.25, 0.3) is 0 Å². The van der Waals surface area contributed by atoms with Gasteiger partial charge in [0.25, 0.3) is 5.91 Å². The van der Waals surface area contributed by atoms with E-state index in [4.69, 9.17) is 0 Å². The predicted octanol–water partition coefficient (Wildman–Crippen LogP) is -1.79. The number of hydrogen-bond acceptors (Lipinski definition) is 4. The Hall–Kier alpha value is -0.820. The van der Waals surface area contributed by atoms with Gasteiger partial charge in [-0.1, -0.05) is 15.9 Å². The van der Waals surface area contributed by atoms with Gasteiger partial charge in [-0.3, -0.25) is 19.2 Å². The molecule has 0 aromatic heterocycles. The second-order valence-electron chi connectivity index (χ2n) is 3.86. The van der Waals surface area contributed by atoms with Gasteiger partial charge in [-0.05, 0) is 31.2 Å². The second-order valence-corrected chi connectivity index (χ2v) is 4.78. The van der Waals surface area contributed by atoms with E-state index in [9.17, 15) is 19.2 Å². The Bertz CT molecular complexity index is 575. The van der Waals surface area contributed by atoms with E-state index in [1.165, 1.54) is 12.1 Å². The number of hydrogen-bond donors (Lipinski definition) is 0. The molecule has 5 nitrogen and oxygen atoms in total. The first kappa shape index (κ1) is 16.2. The van der Waals surface area contributed by atoms with Crippen LogP contribution in [-0.2, 0) is 19.2 Å². The van der Waals surface area contributed by atoms with Crippen LogP contribution in [0, 0.1) is 5.92 Å². The minimum absolute atomic E-state index is 0. The number of carbonyl (C=O) groups is 4. The number of halogens is 1. The van der Waals surface area contributed by atoms with Gasteiger partial charge >= 0.3 is 35.5 Å². The molecule has 2 rings (SSSR count). The summed E-state index contributed by atoms with van der Waals surface area (Å²) in [5.41, 5.74) is 0.283. The molecule has 1 aliphatic heterocycles. The molecule has 0 spiro atoms. The van der Waals surface area contributed by atoms with E-state index in [1.54, 1.807) is 12.1 Å². The fraction of sp³-hybridized carbons (Fsp3) is 0.167. The first-order chi connectivity index (χ1) is 8.43. The van der Waals surface area contributed by atoms with Crippen molar-refractivity contribution < 1.29 is 50.2 Å². The van der Waals surface area contributed by atoms with E-state index in [1.807, 2.05) is 0 Å². The van der Waals surface area contributed by atoms with Crippen molar-refractivity contribution in [2.45, 2.75) is 6.92 Å². The molecule has 2 amide bonds. The molecule has 0 N–H and O–H groups in total. The van der Waals surface area contributed by atoms with Gasteiger partial charge in [-0.2, -0.15) is 0 Å². The number of benzene rings is 1. The summed E-state index contributed by atoms with van der Waals surface area (Å²) in [6.45, 7) is 1.12. The topological polar surface area (TPSA) is 71.5 Å². The van der Waals surface area contributed by atoms with Crippen LogP contribution >= 0.6 is 15.9 Å². The maximum Gasteiger partial charge on any atom is 1.00 e. The number of imide groups is 1. The molecule has 0 radical (unpaired) electrons. The van der Waals surface area contributed by atoms with E-state index in [2.05, 4.69) is 15.9 Å². The van der Waals surface area contributed by atoms with E-state index in [0.29, 0.717) is 0 Å². The van der Waals surface area contributed by atoms with E-state index in [-0.39, 0.29) is 36.7 Å². The van der Waals surface area contributed by atoms with Crippen LogP contribution in [0.5, 0.6) is 0 Å². The van der Waals surface area contributed by atoms with Crippen molar-refractivity contribution >= 4 is 45.0 Å². The van der Waals surface area contributed by atoms with Crippen LogP contribution in [0.1, 0.15) is 8.35 Å². The number of ketones is 2. The Morgan fingerprint density at radius 3 is 2.16 bits per heavy atom. The van der Waals surface area contributed by atoms with Gasteiger partial charge in [-0.25, -0.2) is 4.90 Å². The molecule has 1 heterocycles. The van der Waals surface area contributed by atoms with Gasteiger partial charge < -0.3 is 1.43 Å². The van der Waals surface area contributed by atoms with Crippen molar-refractivity contribution in [3.8, 4) is 0 Å². The van der Waals surface area contributed by atoms with Gasteiger partial charge in [0.2, 0.25) is 5.78 Å². The summed E-state index contributed by atoms with van der Waals surface area (Å²) in [4.78, 5) is 47.1. The maximum atomic E-state index is 11.9. The van der Waals surface area contributed by atoms with Crippen LogP contribution < -0.4 is 34.5 Å². The first-order valence-electron chi connectivity index (χ1n) is 5.11. The molecule has 0 bridgehead atoms. The summed E-state index contributed by atoms with van der Waals surface area (Å²) in [5, 5.41) is 0. The molecule has 7 heteroatoms. The van der Waals surface area contributed by atoms with Gasteiger partial charge in [0.05, 0.1) is 5.69 Å². The summed E-state index contributed by atoms with van der Waals surface area (Å²) in [7, 11) is 0. The Morgan fingerprint density at radius 2 is 1.74 bits per heavy atom. The Balaban J connectivity index is 0.00000180. The minimum atomic E-state index is -1.49. The average Bonchev–Trinajstić information content (AvgIpc) is 2.52. The van der Waals surface area contributed by atoms with Crippen molar-refractivity contribution in [2.75, 3.05) is 4.90 Å². The van der Waals surface area contributed by atoms with Crippen LogP contribution in [0.15, 0.2) is 28.7 Å². The molecule has 1 aromatic carbocycles. The summed E-state index contributed by atoms with van der Waals surface area (Å²) < 4.78 is 0.778. The van der Waals surface area contributed by atoms with E-state index >= 15 is 0 Å². The number of anilines is 1. The first-order valence-corrected chi connectivity index (χ1v) is 5.91. The van der Waals surface area contributed by atoms with E-state index < -0.39 is 29.3 Å². The number of rotatable bonds is 2. The summed E-state index contributed by atoms with van der Waals surface area (Å²) in [5.74, 6) is -4.79. The van der Waals surface area contributed by atoms with Crippen molar-refractivity contribution in [2.24, 2.45) is 5.92 Å². The second kappa shape index (κ2) is 6.09. The monoisotopic (exact) mass is 333 g/mol. The molecule has 94 valence electrons. The normalized spacial score (nSPS) is 18.5. The zero-order valence-corrected chi connectivity index (χ0v) is 13.9. The molecule has 1 fully saturated rings. The van der Waals surface area contributed by atoms with Gasteiger partial charge in [0, 0.05) is 4.47 Å². The SMILES string of the molecule is CC(=O)C1C(=O)C(=O)N(c2ccc(Br)cc2)C1=O.[H-].[Na+]. The predicted molar refractivity (Wildman–Crippen MR) is 66.9 cm³/mol. The van der Waals surface area contributed by atoms with Crippen LogP contribution in [0.3, 0.4) is 0 Å². The van der Waals surface area contributed by atoms with Crippen molar-refractivity contribution in [3.05, 3.63) is 28.7 Å². The third-order valence-electron chi connectivity index (χ3n) is 2.63. The van der Waals surface area contributed by atoms with E-state index in [0.717, 1.165) is 16.3 Å². The largest absolute Gasteiger partial charge is 1.00 e. The molecule has 1 atom stereocenters. The summed E-state index contributed by atoms with van der Waals surface area (Å²) in [6, 6.07) is 6.33.